The number of anilines is 1. The first kappa shape index (κ1) is 20.8. The summed E-state index contributed by atoms with van der Waals surface area (Å²) in [7, 11) is -1.69. The molecule has 0 amide bonds. The van der Waals surface area contributed by atoms with E-state index in [9.17, 15) is 4.21 Å². The zero-order valence-corrected chi connectivity index (χ0v) is 19.4. The van der Waals surface area contributed by atoms with Crippen LogP contribution in [0.2, 0.25) is 0 Å². The molecule has 2 unspecified atom stereocenters. The van der Waals surface area contributed by atoms with Crippen LogP contribution in [-0.2, 0) is 20.8 Å². The third-order valence-electron chi connectivity index (χ3n) is 5.99. The highest BCUT2D eigenvalue weighted by molar-refractivity contribution is 7.88. The molecule has 0 N–H and O–H groups in total. The first-order chi connectivity index (χ1) is 16.7. The Morgan fingerprint density at radius 1 is 0.882 bits per heavy atom. The molecule has 5 aromatic rings. The zero-order valence-electron chi connectivity index (χ0n) is 18.5. The number of para-hydroxylation sites is 1. The highest BCUT2D eigenvalue weighted by atomic mass is 32.2. The van der Waals surface area contributed by atoms with Crippen molar-refractivity contribution in [3.05, 3.63) is 109 Å². The molecule has 1 aliphatic heterocycles. The number of rotatable bonds is 5. The fourth-order valence-electron chi connectivity index (χ4n) is 4.44. The molecule has 2 atom stereocenters. The number of nitrogens with zero attached hydrogens (tertiary/aromatic N) is 4. The van der Waals surface area contributed by atoms with Gasteiger partial charge in [-0.1, -0.05) is 78.0 Å². The van der Waals surface area contributed by atoms with E-state index in [-0.39, 0.29) is 0 Å². The summed E-state index contributed by atoms with van der Waals surface area (Å²) in [5.41, 5.74) is 4.03. The number of hydrogen-bond donors (Lipinski definition) is 0. The van der Waals surface area contributed by atoms with Gasteiger partial charge in [-0.15, -0.1) is 5.10 Å². The van der Waals surface area contributed by atoms with E-state index in [0.29, 0.717) is 6.61 Å². The van der Waals surface area contributed by atoms with Crippen molar-refractivity contribution in [1.82, 2.24) is 15.0 Å². The first-order valence-corrected chi connectivity index (χ1v) is 12.3. The van der Waals surface area contributed by atoms with Crippen molar-refractivity contribution in [1.29, 1.82) is 0 Å². The molecule has 4 aromatic carbocycles. The van der Waals surface area contributed by atoms with E-state index in [1.54, 1.807) is 4.68 Å². The van der Waals surface area contributed by atoms with Crippen molar-refractivity contribution in [2.45, 2.75) is 12.0 Å². The summed E-state index contributed by atoms with van der Waals surface area (Å²) in [5.74, 6) is 0. The molecule has 7 heteroatoms. The van der Waals surface area contributed by atoms with Gasteiger partial charge in [0.1, 0.15) is 5.52 Å². The maximum atomic E-state index is 14.5. The molecule has 0 bridgehead atoms. The molecule has 0 saturated heterocycles. The summed E-state index contributed by atoms with van der Waals surface area (Å²) in [6.07, 6.45) is 1.91. The summed E-state index contributed by atoms with van der Waals surface area (Å²) in [6.45, 7) is 2.25. The lowest BCUT2D eigenvalue weighted by atomic mass is 10.1. The lowest BCUT2D eigenvalue weighted by molar-refractivity contribution is 0.00570. The van der Waals surface area contributed by atoms with Gasteiger partial charge in [0.2, 0.25) is 0 Å². The van der Waals surface area contributed by atoms with Gasteiger partial charge in [0, 0.05) is 12.7 Å². The summed E-state index contributed by atoms with van der Waals surface area (Å²) < 4.78 is 24.2. The van der Waals surface area contributed by atoms with Crippen molar-refractivity contribution in [3.63, 3.8) is 0 Å². The Labute approximate surface area is 199 Å². The predicted molar refractivity (Wildman–Crippen MR) is 136 cm³/mol. The van der Waals surface area contributed by atoms with Gasteiger partial charge in [-0.3, -0.25) is 4.31 Å². The van der Waals surface area contributed by atoms with Gasteiger partial charge in [-0.2, -0.15) is 4.68 Å². The van der Waals surface area contributed by atoms with Crippen LogP contribution >= 0.6 is 0 Å². The number of fused-ring (bicyclic) bond motifs is 2. The highest BCUT2D eigenvalue weighted by Gasteiger charge is 2.51. The van der Waals surface area contributed by atoms with Gasteiger partial charge in [0.05, 0.1) is 16.9 Å². The molecule has 0 radical (unpaired) electrons. The molecule has 0 saturated carbocycles. The van der Waals surface area contributed by atoms with E-state index in [4.69, 9.17) is 4.74 Å². The fourth-order valence-corrected chi connectivity index (χ4v) is 6.06. The van der Waals surface area contributed by atoms with E-state index in [1.807, 2.05) is 90.1 Å². The highest BCUT2D eigenvalue weighted by Crippen LogP contribution is 2.45. The van der Waals surface area contributed by atoms with Gasteiger partial charge in [0.15, 0.2) is 11.0 Å². The summed E-state index contributed by atoms with van der Waals surface area (Å²) in [6, 6.07) is 31.8. The van der Waals surface area contributed by atoms with Crippen LogP contribution in [0.1, 0.15) is 12.5 Å². The molecule has 34 heavy (non-hydrogen) atoms. The second-order valence-electron chi connectivity index (χ2n) is 8.02. The molecular formula is C27H22N4O2S. The van der Waals surface area contributed by atoms with Crippen molar-refractivity contribution < 1.29 is 8.95 Å². The number of benzene rings is 4. The SMILES string of the molecule is CCOC1(n2nnc3ccccc32)C=C(c2ccccc2)N(c2ccc3ccccc3c2)S1=O. The summed E-state index contributed by atoms with van der Waals surface area (Å²) in [5, 5.41) is 9.57. The minimum absolute atomic E-state index is 0.351. The zero-order chi connectivity index (χ0) is 23.1. The Morgan fingerprint density at radius 3 is 2.44 bits per heavy atom. The van der Waals surface area contributed by atoms with E-state index in [1.165, 1.54) is 0 Å². The number of ether oxygens (including phenoxy) is 1. The van der Waals surface area contributed by atoms with Crippen molar-refractivity contribution in [2.75, 3.05) is 10.9 Å². The third kappa shape index (κ3) is 3.16. The molecule has 0 spiro atoms. The van der Waals surface area contributed by atoms with Crippen LogP contribution in [0, 0.1) is 0 Å². The summed E-state index contributed by atoms with van der Waals surface area (Å²) in [4.78, 5) is 0. The lowest BCUT2D eigenvalue weighted by Gasteiger charge is -2.29. The molecule has 168 valence electrons. The predicted octanol–water partition coefficient (Wildman–Crippen LogP) is 5.46. The van der Waals surface area contributed by atoms with Crippen LogP contribution in [0.3, 0.4) is 0 Å². The van der Waals surface area contributed by atoms with Crippen LogP contribution in [0.5, 0.6) is 0 Å². The van der Waals surface area contributed by atoms with Gasteiger partial charge in [0.25, 0.3) is 5.06 Å². The van der Waals surface area contributed by atoms with Crippen LogP contribution in [0.4, 0.5) is 5.69 Å². The monoisotopic (exact) mass is 466 g/mol. The van der Waals surface area contributed by atoms with Crippen LogP contribution in [0.15, 0.2) is 103 Å². The Hall–Kier alpha value is -3.81. The van der Waals surface area contributed by atoms with Crippen LogP contribution in [-0.4, -0.2) is 25.8 Å². The first-order valence-electron chi connectivity index (χ1n) is 11.2. The topological polar surface area (TPSA) is 60.2 Å². The third-order valence-corrected chi connectivity index (χ3v) is 7.64. The molecule has 1 aromatic heterocycles. The molecular weight excluding hydrogens is 444 g/mol. The van der Waals surface area contributed by atoms with Gasteiger partial charge >= 0.3 is 0 Å². The fraction of sp³-hybridized carbons (Fsp3) is 0.111. The number of aromatic nitrogens is 3. The Balaban J connectivity index is 1.60. The average Bonchev–Trinajstić information content (AvgIpc) is 3.44. The maximum absolute atomic E-state index is 14.5. The van der Waals surface area contributed by atoms with E-state index < -0.39 is 16.0 Å². The van der Waals surface area contributed by atoms with Crippen molar-refractivity contribution >= 4 is 44.2 Å². The normalized spacial score (nSPS) is 20.2. The summed E-state index contributed by atoms with van der Waals surface area (Å²) >= 11 is 0. The molecule has 6 rings (SSSR count). The van der Waals surface area contributed by atoms with E-state index in [0.717, 1.165) is 38.8 Å². The molecule has 6 nitrogen and oxygen atoms in total. The molecule has 2 heterocycles. The van der Waals surface area contributed by atoms with Crippen molar-refractivity contribution in [2.24, 2.45) is 0 Å². The average molecular weight is 467 g/mol. The van der Waals surface area contributed by atoms with E-state index in [2.05, 4.69) is 34.6 Å². The largest absolute Gasteiger partial charge is 0.339 e. The van der Waals surface area contributed by atoms with Gasteiger partial charge in [-0.25, -0.2) is 4.21 Å². The van der Waals surface area contributed by atoms with E-state index >= 15 is 0 Å². The minimum Gasteiger partial charge on any atom is -0.339 e. The Morgan fingerprint density at radius 2 is 1.62 bits per heavy atom. The van der Waals surface area contributed by atoms with Gasteiger partial charge < -0.3 is 4.74 Å². The second-order valence-corrected chi connectivity index (χ2v) is 9.47. The van der Waals surface area contributed by atoms with Crippen LogP contribution in [0.25, 0.3) is 27.5 Å². The molecule has 1 aliphatic rings. The van der Waals surface area contributed by atoms with Crippen molar-refractivity contribution in [3.8, 4) is 0 Å². The molecule has 0 aliphatic carbocycles. The number of hydrogen-bond acceptors (Lipinski definition) is 4. The molecule has 0 fully saturated rings. The van der Waals surface area contributed by atoms with Crippen LogP contribution < -0.4 is 4.31 Å². The quantitative estimate of drug-likeness (QED) is 0.345. The maximum Gasteiger partial charge on any atom is 0.281 e. The smallest absolute Gasteiger partial charge is 0.281 e. The Bertz CT molecular complexity index is 1560. The van der Waals surface area contributed by atoms with Gasteiger partial charge in [-0.05, 0) is 47.5 Å². The Kier molecular flexibility index (Phi) is 5.01. The standard InChI is InChI=1S/C27H22N4O2S/c1-2-33-27(31-25-15-9-8-14-24(25)28-29-31)19-26(21-11-4-3-5-12-21)30(34(27)32)23-17-16-20-10-6-7-13-22(20)18-23/h3-19H,2H2,1H3. The second kappa shape index (κ2) is 8.20. The minimum atomic E-state index is -1.69. The lowest BCUT2D eigenvalue weighted by Crippen LogP contribution is -2.42.